The van der Waals surface area contributed by atoms with Gasteiger partial charge in [0.1, 0.15) is 0 Å². The number of rotatable bonds is 10. The lowest BCUT2D eigenvalue weighted by molar-refractivity contribution is -0.103. The van der Waals surface area contributed by atoms with Crippen LogP contribution >= 0.6 is 0 Å². The zero-order valence-electron chi connectivity index (χ0n) is 12.0. The number of allylic oxidation sites excluding steroid dienone is 1. The van der Waals surface area contributed by atoms with Crippen molar-refractivity contribution in [1.29, 1.82) is 0 Å². The monoisotopic (exact) mass is 296 g/mol. The van der Waals surface area contributed by atoms with Gasteiger partial charge in [-0.1, -0.05) is 6.08 Å². The first kappa shape index (κ1) is 21.8. The Morgan fingerprint density at radius 3 is 1.10 bits per heavy atom. The third-order valence-corrected chi connectivity index (χ3v) is 2.83. The van der Waals surface area contributed by atoms with E-state index in [-0.39, 0.29) is 13.2 Å². The summed E-state index contributed by atoms with van der Waals surface area (Å²) in [6.07, 6.45) is 1.75. The van der Waals surface area contributed by atoms with E-state index >= 15 is 0 Å². The highest BCUT2D eigenvalue weighted by Gasteiger charge is 2.32. The molecule has 0 aliphatic rings. The lowest BCUT2D eigenvalue weighted by Gasteiger charge is -2.31. The van der Waals surface area contributed by atoms with Crippen LogP contribution in [0.4, 0.5) is 0 Å². The molecule has 0 aromatic heterocycles. The van der Waals surface area contributed by atoms with Crippen molar-refractivity contribution in [3.05, 3.63) is 12.7 Å². The summed E-state index contributed by atoms with van der Waals surface area (Å²) in [5, 5.41) is 54.2. The van der Waals surface area contributed by atoms with E-state index in [0.29, 0.717) is 0 Å². The fourth-order valence-electron chi connectivity index (χ4n) is 1.06. The van der Waals surface area contributed by atoms with Gasteiger partial charge in [0.25, 0.3) is 0 Å². The summed E-state index contributed by atoms with van der Waals surface area (Å²) in [6, 6.07) is 0. The van der Waals surface area contributed by atoms with E-state index in [2.05, 4.69) is 6.58 Å². The summed E-state index contributed by atoms with van der Waals surface area (Å²) in [6.45, 7) is 2.24. The molecule has 0 heterocycles. The smallest absolute Gasteiger partial charge is 0.0629 e. The molecule has 0 unspecified atom stereocenters. The molecule has 0 atom stereocenters. The zero-order chi connectivity index (χ0) is 16.1. The predicted molar refractivity (Wildman–Crippen MR) is 74.1 cm³/mol. The molecular weight excluding hydrogens is 268 g/mol. The fraction of sp³-hybridized carbons (Fsp3) is 0.846. The molecule has 0 fully saturated rings. The molecule has 122 valence electrons. The van der Waals surface area contributed by atoms with Crippen molar-refractivity contribution in [3.63, 3.8) is 0 Å². The normalized spacial score (nSPS) is 11.8. The van der Waals surface area contributed by atoms with Crippen LogP contribution in [0.5, 0.6) is 0 Å². The molecule has 0 aromatic rings. The Kier molecular flexibility index (Phi) is 13.3. The lowest BCUT2D eigenvalue weighted by Crippen LogP contribution is -2.43. The second kappa shape index (κ2) is 12.2. The summed E-state index contributed by atoms with van der Waals surface area (Å²) < 4.78 is 5.15. The standard InChI is InChI=1S/C10H22O7.C3H6/c11-1-9(2-12,3-13)7-17-8-10(4-14,5-15)6-16;1-3-2/h11-16H,1-8H2;3H,1H2,2H3. The molecule has 0 amide bonds. The molecule has 0 saturated heterocycles. The summed E-state index contributed by atoms with van der Waals surface area (Å²) >= 11 is 0. The largest absolute Gasteiger partial charge is 0.396 e. The number of hydrogen-bond donors (Lipinski definition) is 6. The maximum Gasteiger partial charge on any atom is 0.0629 e. The molecule has 0 aliphatic carbocycles. The van der Waals surface area contributed by atoms with E-state index in [9.17, 15) is 0 Å². The van der Waals surface area contributed by atoms with Crippen molar-refractivity contribution in [2.24, 2.45) is 10.8 Å². The van der Waals surface area contributed by atoms with Gasteiger partial charge < -0.3 is 35.4 Å². The minimum Gasteiger partial charge on any atom is -0.396 e. The third-order valence-electron chi connectivity index (χ3n) is 2.83. The van der Waals surface area contributed by atoms with E-state index in [0.717, 1.165) is 0 Å². The van der Waals surface area contributed by atoms with Gasteiger partial charge in [0, 0.05) is 0 Å². The summed E-state index contributed by atoms with van der Waals surface area (Å²) in [5.74, 6) is 0. The SMILES string of the molecule is C=CC.OCC(CO)(CO)COCC(CO)(CO)CO. The Balaban J connectivity index is 0. The summed E-state index contributed by atoms with van der Waals surface area (Å²) in [4.78, 5) is 0. The van der Waals surface area contributed by atoms with Gasteiger partial charge in [-0.25, -0.2) is 0 Å². The molecule has 0 saturated carbocycles. The number of hydrogen-bond acceptors (Lipinski definition) is 7. The van der Waals surface area contributed by atoms with Gasteiger partial charge in [-0.3, -0.25) is 0 Å². The first-order valence-corrected chi connectivity index (χ1v) is 6.29. The van der Waals surface area contributed by atoms with Crippen LogP contribution in [0.1, 0.15) is 6.92 Å². The van der Waals surface area contributed by atoms with Crippen LogP contribution in [0.2, 0.25) is 0 Å². The van der Waals surface area contributed by atoms with Crippen molar-refractivity contribution in [2.75, 3.05) is 52.9 Å². The lowest BCUT2D eigenvalue weighted by atomic mass is 9.91. The molecular formula is C13H28O7. The van der Waals surface area contributed by atoms with Gasteiger partial charge in [-0.05, 0) is 6.92 Å². The van der Waals surface area contributed by atoms with Gasteiger partial charge in [0.2, 0.25) is 0 Å². The summed E-state index contributed by atoms with van der Waals surface area (Å²) in [5.41, 5.74) is -2.32. The molecule has 6 N–H and O–H groups in total. The number of aliphatic hydroxyl groups is 6. The quantitative estimate of drug-likeness (QED) is 0.260. The zero-order valence-corrected chi connectivity index (χ0v) is 12.0. The molecule has 0 radical (unpaired) electrons. The predicted octanol–water partition coefficient (Wildman–Crippen LogP) is -1.88. The Hall–Kier alpha value is -0.540. The van der Waals surface area contributed by atoms with E-state index in [1.807, 2.05) is 6.92 Å². The van der Waals surface area contributed by atoms with Crippen LogP contribution in [0.15, 0.2) is 12.7 Å². The van der Waals surface area contributed by atoms with E-state index < -0.39 is 50.5 Å². The second-order valence-corrected chi connectivity index (χ2v) is 4.85. The average Bonchev–Trinajstić information content (AvgIpc) is 2.50. The number of aliphatic hydroxyl groups excluding tert-OH is 6. The van der Waals surface area contributed by atoms with Crippen LogP contribution < -0.4 is 0 Å². The van der Waals surface area contributed by atoms with Crippen molar-refractivity contribution in [1.82, 2.24) is 0 Å². The van der Waals surface area contributed by atoms with Crippen LogP contribution in [0.25, 0.3) is 0 Å². The molecule has 20 heavy (non-hydrogen) atoms. The number of ether oxygens (including phenoxy) is 1. The molecule has 0 aromatic carbocycles. The topological polar surface area (TPSA) is 131 Å². The van der Waals surface area contributed by atoms with Crippen molar-refractivity contribution in [2.45, 2.75) is 6.92 Å². The molecule has 0 aliphatic heterocycles. The van der Waals surface area contributed by atoms with Crippen LogP contribution in [0, 0.1) is 10.8 Å². The van der Waals surface area contributed by atoms with E-state index in [1.165, 1.54) is 0 Å². The summed E-state index contributed by atoms with van der Waals surface area (Å²) in [7, 11) is 0. The Labute approximate surface area is 119 Å². The maximum absolute atomic E-state index is 9.03. The van der Waals surface area contributed by atoms with Crippen molar-refractivity contribution in [3.8, 4) is 0 Å². The molecule has 0 spiro atoms. The van der Waals surface area contributed by atoms with Crippen LogP contribution in [-0.2, 0) is 4.74 Å². The van der Waals surface area contributed by atoms with Crippen molar-refractivity contribution >= 4 is 0 Å². The van der Waals surface area contributed by atoms with Gasteiger partial charge >= 0.3 is 0 Å². The van der Waals surface area contributed by atoms with E-state index in [4.69, 9.17) is 35.4 Å². The Bertz CT molecular complexity index is 188. The van der Waals surface area contributed by atoms with Gasteiger partial charge in [-0.15, -0.1) is 6.58 Å². The van der Waals surface area contributed by atoms with Crippen LogP contribution in [-0.4, -0.2) is 83.5 Å². The van der Waals surface area contributed by atoms with Gasteiger partial charge in [0.05, 0.1) is 63.7 Å². The minimum absolute atomic E-state index is 0.141. The minimum atomic E-state index is -1.16. The highest BCUT2D eigenvalue weighted by Crippen LogP contribution is 2.19. The first-order valence-electron chi connectivity index (χ1n) is 6.29. The first-order chi connectivity index (χ1) is 9.49. The molecule has 7 heteroatoms. The van der Waals surface area contributed by atoms with Gasteiger partial charge in [-0.2, -0.15) is 0 Å². The fourth-order valence-corrected chi connectivity index (χ4v) is 1.06. The van der Waals surface area contributed by atoms with Crippen molar-refractivity contribution < 1.29 is 35.4 Å². The molecule has 0 bridgehead atoms. The molecule has 7 nitrogen and oxygen atoms in total. The highest BCUT2D eigenvalue weighted by molar-refractivity contribution is 4.80. The highest BCUT2D eigenvalue weighted by atomic mass is 16.5. The van der Waals surface area contributed by atoms with Crippen LogP contribution in [0.3, 0.4) is 0 Å². The second-order valence-electron chi connectivity index (χ2n) is 4.85. The van der Waals surface area contributed by atoms with E-state index in [1.54, 1.807) is 6.08 Å². The Morgan fingerprint density at radius 1 is 0.750 bits per heavy atom. The third kappa shape index (κ3) is 7.30. The molecule has 0 rings (SSSR count). The average molecular weight is 296 g/mol. The van der Waals surface area contributed by atoms with Gasteiger partial charge in [0.15, 0.2) is 0 Å². The Morgan fingerprint density at radius 2 is 0.950 bits per heavy atom. The maximum atomic E-state index is 9.03.